The van der Waals surface area contributed by atoms with E-state index in [-0.39, 0.29) is 28.0 Å². The summed E-state index contributed by atoms with van der Waals surface area (Å²) in [5.74, 6) is -2.27. The second kappa shape index (κ2) is 7.20. The van der Waals surface area contributed by atoms with Crippen LogP contribution in [0, 0.1) is 5.82 Å². The molecule has 1 fully saturated rings. The third-order valence-corrected chi connectivity index (χ3v) is 6.38. The smallest absolute Gasteiger partial charge is 0.346 e. The Hall–Kier alpha value is -3.28. The Labute approximate surface area is 173 Å². The van der Waals surface area contributed by atoms with Gasteiger partial charge >= 0.3 is 12.0 Å². The maximum atomic E-state index is 14.9. The number of carboxylic acid groups (broad SMARTS) is 1. The zero-order chi connectivity index (χ0) is 21.7. The number of fused-ring (bicyclic) bond motifs is 3. The fourth-order valence-corrected chi connectivity index (χ4v) is 4.94. The van der Waals surface area contributed by atoms with Gasteiger partial charge in [0.1, 0.15) is 11.4 Å². The first kappa shape index (κ1) is 20.0. The molecule has 0 bridgehead atoms. The number of halogens is 1. The van der Waals surface area contributed by atoms with Gasteiger partial charge in [0.25, 0.3) is 0 Å². The molecule has 1 saturated heterocycles. The average molecular weight is 434 g/mol. The van der Waals surface area contributed by atoms with Gasteiger partial charge in [-0.1, -0.05) is 11.8 Å². The van der Waals surface area contributed by atoms with Crippen LogP contribution >= 0.6 is 11.8 Å². The SMILES string of the molecule is CC1Sc2c(C(=O)O)c(=O)c3cc(F)c(N4CCN(C(=O)N=C(N)N)CC4)cc3n21. The zero-order valence-electron chi connectivity index (χ0n) is 16.0. The maximum absolute atomic E-state index is 14.9. The first-order chi connectivity index (χ1) is 14.2. The third kappa shape index (κ3) is 3.12. The number of aromatic nitrogens is 1. The molecule has 2 aromatic rings. The molecule has 4 rings (SSSR count). The summed E-state index contributed by atoms with van der Waals surface area (Å²) >= 11 is 1.29. The Morgan fingerprint density at radius 1 is 1.23 bits per heavy atom. The van der Waals surface area contributed by atoms with Crippen molar-refractivity contribution in [1.29, 1.82) is 0 Å². The van der Waals surface area contributed by atoms with E-state index < -0.39 is 23.2 Å². The van der Waals surface area contributed by atoms with Gasteiger partial charge in [-0.15, -0.1) is 0 Å². The highest BCUT2D eigenvalue weighted by Crippen LogP contribution is 2.46. The Morgan fingerprint density at radius 2 is 1.90 bits per heavy atom. The molecule has 0 aliphatic carbocycles. The Balaban J connectivity index is 1.71. The molecule has 10 nitrogen and oxygen atoms in total. The number of carbonyl (C=O) groups excluding carboxylic acids is 1. The number of piperazine rings is 1. The van der Waals surface area contributed by atoms with Gasteiger partial charge in [0, 0.05) is 31.6 Å². The minimum absolute atomic E-state index is 0.0334. The second-order valence-corrected chi connectivity index (χ2v) is 8.32. The molecule has 0 saturated carbocycles. The van der Waals surface area contributed by atoms with Crippen LogP contribution in [0.4, 0.5) is 14.9 Å². The molecule has 1 unspecified atom stereocenters. The highest BCUT2D eigenvalue weighted by molar-refractivity contribution is 8.00. The number of rotatable bonds is 2. The largest absolute Gasteiger partial charge is 0.477 e. The van der Waals surface area contributed by atoms with E-state index in [1.54, 1.807) is 15.5 Å². The van der Waals surface area contributed by atoms with E-state index in [2.05, 4.69) is 4.99 Å². The number of carboxylic acids is 1. The van der Waals surface area contributed by atoms with Gasteiger partial charge in [0.2, 0.25) is 5.43 Å². The number of aromatic carboxylic acids is 1. The van der Waals surface area contributed by atoms with E-state index in [1.807, 2.05) is 6.92 Å². The first-order valence-corrected chi connectivity index (χ1v) is 10.0. The number of hydrogen-bond acceptors (Lipinski definition) is 5. The van der Waals surface area contributed by atoms with Crippen molar-refractivity contribution < 1.29 is 19.1 Å². The number of hydrogen-bond donors (Lipinski definition) is 3. The maximum Gasteiger partial charge on any atom is 0.346 e. The van der Waals surface area contributed by atoms with Crippen LogP contribution in [0.15, 0.2) is 26.9 Å². The van der Waals surface area contributed by atoms with Crippen molar-refractivity contribution in [2.75, 3.05) is 31.1 Å². The summed E-state index contributed by atoms with van der Waals surface area (Å²) in [6, 6.07) is 2.12. The molecule has 3 heterocycles. The highest BCUT2D eigenvalue weighted by atomic mass is 32.2. The van der Waals surface area contributed by atoms with Crippen molar-refractivity contribution in [2.45, 2.75) is 17.3 Å². The first-order valence-electron chi connectivity index (χ1n) is 9.14. The molecule has 1 atom stereocenters. The Morgan fingerprint density at radius 3 is 2.47 bits per heavy atom. The minimum Gasteiger partial charge on any atom is -0.477 e. The fourth-order valence-electron chi connectivity index (χ4n) is 3.79. The van der Waals surface area contributed by atoms with Crippen LogP contribution in [-0.2, 0) is 0 Å². The van der Waals surface area contributed by atoms with Crippen molar-refractivity contribution in [3.05, 3.63) is 33.7 Å². The predicted molar refractivity (Wildman–Crippen MR) is 111 cm³/mol. The molecule has 158 valence electrons. The van der Waals surface area contributed by atoms with Crippen molar-refractivity contribution in [3.8, 4) is 0 Å². The minimum atomic E-state index is -1.32. The van der Waals surface area contributed by atoms with Crippen molar-refractivity contribution in [1.82, 2.24) is 9.47 Å². The fraction of sp³-hybridized carbons (Fsp3) is 0.333. The van der Waals surface area contributed by atoms with Gasteiger partial charge in [-0.3, -0.25) is 4.79 Å². The number of thioether (sulfide) groups is 1. The molecular formula is C18H19FN6O4S. The summed E-state index contributed by atoms with van der Waals surface area (Å²) in [7, 11) is 0. The molecule has 0 radical (unpaired) electrons. The number of guanidine groups is 1. The quantitative estimate of drug-likeness (QED) is 0.468. The lowest BCUT2D eigenvalue weighted by molar-refractivity contribution is 0.0689. The van der Waals surface area contributed by atoms with Crippen LogP contribution in [0.5, 0.6) is 0 Å². The lowest BCUT2D eigenvalue weighted by Crippen LogP contribution is -2.48. The molecule has 0 spiro atoms. The normalized spacial score (nSPS) is 18.0. The Kier molecular flexibility index (Phi) is 4.80. The summed E-state index contributed by atoms with van der Waals surface area (Å²) < 4.78 is 16.7. The van der Waals surface area contributed by atoms with E-state index in [4.69, 9.17) is 11.5 Å². The number of urea groups is 1. The number of anilines is 1. The van der Waals surface area contributed by atoms with E-state index in [0.717, 1.165) is 6.07 Å². The zero-order valence-corrected chi connectivity index (χ0v) is 16.8. The van der Waals surface area contributed by atoms with Gasteiger partial charge in [-0.2, -0.15) is 4.99 Å². The van der Waals surface area contributed by atoms with E-state index in [9.17, 15) is 23.9 Å². The van der Waals surface area contributed by atoms with E-state index in [1.165, 1.54) is 16.7 Å². The number of aliphatic imine (C=N–C) groups is 1. The second-order valence-electron chi connectivity index (χ2n) is 7.02. The van der Waals surface area contributed by atoms with Gasteiger partial charge in [0.15, 0.2) is 5.96 Å². The molecule has 1 aromatic carbocycles. The molecule has 30 heavy (non-hydrogen) atoms. The van der Waals surface area contributed by atoms with Crippen LogP contribution in [-0.4, -0.2) is 58.7 Å². The summed E-state index contributed by atoms with van der Waals surface area (Å²) in [5.41, 5.74) is 10.2. The molecule has 5 N–H and O–H groups in total. The summed E-state index contributed by atoms with van der Waals surface area (Å²) in [6.45, 7) is 3.18. The molecule has 1 aromatic heterocycles. The predicted octanol–water partition coefficient (Wildman–Crippen LogP) is 0.978. The average Bonchev–Trinajstić information content (AvgIpc) is 2.67. The van der Waals surface area contributed by atoms with Crippen LogP contribution < -0.4 is 21.8 Å². The van der Waals surface area contributed by atoms with Crippen molar-refractivity contribution in [2.24, 2.45) is 16.5 Å². The summed E-state index contributed by atoms with van der Waals surface area (Å²) in [5, 5.41) is 9.75. The van der Waals surface area contributed by atoms with Gasteiger partial charge in [-0.05, 0) is 19.1 Å². The van der Waals surface area contributed by atoms with Crippen LogP contribution in [0.2, 0.25) is 0 Å². The number of carbonyl (C=O) groups is 2. The van der Waals surface area contributed by atoms with Crippen LogP contribution in [0.3, 0.4) is 0 Å². The molecule has 2 aliphatic rings. The number of nitrogens with two attached hydrogens (primary N) is 2. The van der Waals surface area contributed by atoms with Crippen molar-refractivity contribution >= 4 is 46.3 Å². The van der Waals surface area contributed by atoms with Gasteiger partial charge in [0.05, 0.1) is 21.6 Å². The Bertz CT molecular complexity index is 1170. The molecule has 2 aliphatic heterocycles. The number of amides is 2. The van der Waals surface area contributed by atoms with Gasteiger partial charge < -0.3 is 30.9 Å². The third-order valence-electron chi connectivity index (χ3n) is 5.20. The van der Waals surface area contributed by atoms with Crippen LogP contribution in [0.25, 0.3) is 10.9 Å². The lowest BCUT2D eigenvalue weighted by Gasteiger charge is -2.36. The highest BCUT2D eigenvalue weighted by Gasteiger charge is 2.33. The van der Waals surface area contributed by atoms with Gasteiger partial charge in [-0.25, -0.2) is 14.0 Å². The monoisotopic (exact) mass is 434 g/mol. The number of nitrogens with zero attached hydrogens (tertiary/aromatic N) is 4. The number of pyridine rings is 1. The van der Waals surface area contributed by atoms with E-state index in [0.29, 0.717) is 36.7 Å². The number of benzene rings is 1. The van der Waals surface area contributed by atoms with E-state index >= 15 is 0 Å². The van der Waals surface area contributed by atoms with Crippen LogP contribution in [0.1, 0.15) is 22.7 Å². The summed E-state index contributed by atoms with van der Waals surface area (Å²) in [6.07, 6.45) is 0. The molecule has 12 heteroatoms. The summed E-state index contributed by atoms with van der Waals surface area (Å²) in [4.78, 5) is 42.9. The standard InChI is InChI=1S/C18H19FN6O4S/c1-8-25-11-7-12(23-2-4-24(5-3-23)18(29)22-17(20)21)10(19)6-9(11)14(26)13(16(27)28)15(25)30-8/h6-8H,2-5H2,1H3,(H,27,28)(H4,20,21,22,29). The topological polar surface area (TPSA) is 147 Å². The lowest BCUT2D eigenvalue weighted by atomic mass is 10.1. The van der Waals surface area contributed by atoms with Crippen molar-refractivity contribution in [3.63, 3.8) is 0 Å². The molecule has 2 amide bonds. The molecular weight excluding hydrogens is 415 g/mol.